The summed E-state index contributed by atoms with van der Waals surface area (Å²) in [7, 11) is -3.62. The summed E-state index contributed by atoms with van der Waals surface area (Å²) in [4.78, 5) is 3.71. The van der Waals surface area contributed by atoms with Crippen LogP contribution < -0.4 is 10.5 Å². The van der Waals surface area contributed by atoms with E-state index in [9.17, 15) is 8.42 Å². The largest absolute Gasteiger partial charge is 0.382 e. The van der Waals surface area contributed by atoms with Crippen LogP contribution in [0.3, 0.4) is 0 Å². The maximum atomic E-state index is 11.9. The predicted octanol–water partition coefficient (Wildman–Crippen LogP) is 1.02. The molecule has 0 radical (unpaired) electrons. The SMILES string of the molecule is Nc1ncc(S(=O)(=O)NCCOCC2CC2)cc1Cl. The number of hydrogen-bond donors (Lipinski definition) is 2. The summed E-state index contributed by atoms with van der Waals surface area (Å²) in [6.07, 6.45) is 3.59. The number of pyridine rings is 1. The van der Waals surface area contributed by atoms with Crippen molar-refractivity contribution in [2.24, 2.45) is 5.92 Å². The monoisotopic (exact) mass is 305 g/mol. The molecule has 0 bridgehead atoms. The maximum absolute atomic E-state index is 11.9. The Morgan fingerprint density at radius 2 is 2.26 bits per heavy atom. The minimum absolute atomic E-state index is 0.00565. The van der Waals surface area contributed by atoms with Gasteiger partial charge in [-0.2, -0.15) is 0 Å². The van der Waals surface area contributed by atoms with Crippen LogP contribution in [0.25, 0.3) is 0 Å². The summed E-state index contributed by atoms with van der Waals surface area (Å²) in [5, 5.41) is 0.118. The summed E-state index contributed by atoms with van der Waals surface area (Å²) in [5.74, 6) is 0.769. The van der Waals surface area contributed by atoms with Gasteiger partial charge in [0.2, 0.25) is 10.0 Å². The van der Waals surface area contributed by atoms with Gasteiger partial charge in [-0.1, -0.05) is 11.6 Å². The van der Waals surface area contributed by atoms with Crippen LogP contribution in [0.1, 0.15) is 12.8 Å². The van der Waals surface area contributed by atoms with Gasteiger partial charge in [0.1, 0.15) is 10.7 Å². The van der Waals surface area contributed by atoms with Crippen LogP contribution in [0.15, 0.2) is 17.2 Å². The number of ether oxygens (including phenoxy) is 1. The number of nitrogens with two attached hydrogens (primary N) is 1. The van der Waals surface area contributed by atoms with E-state index in [1.165, 1.54) is 25.1 Å². The van der Waals surface area contributed by atoms with E-state index in [2.05, 4.69) is 9.71 Å². The Hall–Kier alpha value is -0.890. The van der Waals surface area contributed by atoms with E-state index in [4.69, 9.17) is 22.1 Å². The summed E-state index contributed by atoms with van der Waals surface area (Å²) < 4.78 is 31.6. The number of anilines is 1. The highest BCUT2D eigenvalue weighted by molar-refractivity contribution is 7.89. The molecule has 1 aliphatic carbocycles. The highest BCUT2D eigenvalue weighted by Gasteiger charge is 2.21. The second-order valence-corrected chi connectivity index (χ2v) is 6.63. The lowest BCUT2D eigenvalue weighted by atomic mass is 10.5. The Kier molecular flexibility index (Phi) is 4.62. The van der Waals surface area contributed by atoms with Crippen LogP contribution in [-0.2, 0) is 14.8 Å². The van der Waals surface area contributed by atoms with Crippen molar-refractivity contribution >= 4 is 27.4 Å². The predicted molar refractivity (Wildman–Crippen MR) is 72.4 cm³/mol. The van der Waals surface area contributed by atoms with Gasteiger partial charge in [0.05, 0.1) is 11.6 Å². The van der Waals surface area contributed by atoms with Crippen LogP contribution in [0, 0.1) is 5.92 Å². The molecule has 0 saturated heterocycles. The smallest absolute Gasteiger partial charge is 0.242 e. The molecule has 6 nitrogen and oxygen atoms in total. The molecule has 106 valence electrons. The topological polar surface area (TPSA) is 94.3 Å². The fraction of sp³-hybridized carbons (Fsp3) is 0.545. The van der Waals surface area contributed by atoms with E-state index in [0.29, 0.717) is 19.1 Å². The molecule has 0 amide bonds. The van der Waals surface area contributed by atoms with Crippen molar-refractivity contribution < 1.29 is 13.2 Å². The first-order valence-corrected chi connectivity index (χ1v) is 7.83. The Bertz CT molecular complexity index is 546. The molecule has 0 unspecified atom stereocenters. The number of halogens is 1. The third-order valence-corrected chi connectivity index (χ3v) is 4.47. The summed E-state index contributed by atoms with van der Waals surface area (Å²) >= 11 is 5.74. The first-order valence-electron chi connectivity index (χ1n) is 5.97. The number of rotatable bonds is 7. The van der Waals surface area contributed by atoms with Gasteiger partial charge in [-0.15, -0.1) is 0 Å². The maximum Gasteiger partial charge on any atom is 0.242 e. The number of nitrogens with one attached hydrogen (secondary N) is 1. The third kappa shape index (κ3) is 4.31. The second kappa shape index (κ2) is 6.04. The van der Waals surface area contributed by atoms with Crippen molar-refractivity contribution in [2.75, 3.05) is 25.5 Å². The van der Waals surface area contributed by atoms with Crippen molar-refractivity contribution in [3.63, 3.8) is 0 Å². The fourth-order valence-electron chi connectivity index (χ4n) is 1.44. The van der Waals surface area contributed by atoms with E-state index in [0.717, 1.165) is 0 Å². The highest BCUT2D eigenvalue weighted by atomic mass is 35.5. The van der Waals surface area contributed by atoms with Crippen LogP contribution in [-0.4, -0.2) is 33.2 Å². The standard InChI is InChI=1S/C11H16ClN3O3S/c12-10-5-9(6-14-11(10)13)19(16,17)15-3-4-18-7-8-1-2-8/h5-6,8,15H,1-4,7H2,(H2,13,14). The van der Waals surface area contributed by atoms with Crippen molar-refractivity contribution in [1.82, 2.24) is 9.71 Å². The number of nitrogens with zero attached hydrogens (tertiary/aromatic N) is 1. The Morgan fingerprint density at radius 1 is 1.53 bits per heavy atom. The molecule has 0 aliphatic heterocycles. The van der Waals surface area contributed by atoms with Crippen LogP contribution in [0.4, 0.5) is 5.82 Å². The summed E-state index contributed by atoms with van der Waals surface area (Å²) in [6, 6.07) is 1.28. The van der Waals surface area contributed by atoms with Gasteiger partial charge >= 0.3 is 0 Å². The zero-order valence-corrected chi connectivity index (χ0v) is 11.9. The number of hydrogen-bond acceptors (Lipinski definition) is 5. The lowest BCUT2D eigenvalue weighted by Gasteiger charge is -2.08. The van der Waals surface area contributed by atoms with Crippen molar-refractivity contribution in [1.29, 1.82) is 0 Å². The van der Waals surface area contributed by atoms with Crippen molar-refractivity contribution in [3.05, 3.63) is 17.3 Å². The van der Waals surface area contributed by atoms with Crippen LogP contribution in [0.5, 0.6) is 0 Å². The first-order chi connectivity index (χ1) is 8.99. The Balaban J connectivity index is 1.84. The van der Waals surface area contributed by atoms with E-state index in [1.807, 2.05) is 0 Å². The molecule has 1 aromatic heterocycles. The van der Waals surface area contributed by atoms with Crippen LogP contribution in [0.2, 0.25) is 5.02 Å². The van der Waals surface area contributed by atoms with Gasteiger partial charge in [-0.25, -0.2) is 18.1 Å². The number of aromatic nitrogens is 1. The first kappa shape index (κ1) is 14.5. The molecule has 0 spiro atoms. The third-order valence-electron chi connectivity index (χ3n) is 2.74. The normalized spacial score (nSPS) is 15.6. The molecule has 1 fully saturated rings. The van der Waals surface area contributed by atoms with Gasteiger partial charge in [0.25, 0.3) is 0 Å². The molecule has 19 heavy (non-hydrogen) atoms. The minimum atomic E-state index is -3.62. The molecule has 1 heterocycles. The van der Waals surface area contributed by atoms with Gasteiger partial charge in [-0.3, -0.25) is 0 Å². The zero-order chi connectivity index (χ0) is 13.9. The molecule has 2 rings (SSSR count). The Labute approximate surface area is 117 Å². The van der Waals surface area contributed by atoms with Crippen molar-refractivity contribution in [3.8, 4) is 0 Å². The Morgan fingerprint density at radius 3 is 2.89 bits per heavy atom. The molecule has 1 aliphatic rings. The van der Waals surface area contributed by atoms with Gasteiger partial charge in [0, 0.05) is 19.3 Å². The molecule has 3 N–H and O–H groups in total. The molecule has 8 heteroatoms. The van der Waals surface area contributed by atoms with E-state index in [-0.39, 0.29) is 22.3 Å². The molecule has 0 aromatic carbocycles. The summed E-state index contributed by atoms with van der Waals surface area (Å²) in [5.41, 5.74) is 5.43. The molecule has 1 aromatic rings. The molecule has 0 atom stereocenters. The van der Waals surface area contributed by atoms with E-state index in [1.54, 1.807) is 0 Å². The average Bonchev–Trinajstić information content (AvgIpc) is 3.16. The molecular formula is C11H16ClN3O3S. The van der Waals surface area contributed by atoms with Crippen LogP contribution >= 0.6 is 11.6 Å². The quantitative estimate of drug-likeness (QED) is 0.734. The van der Waals surface area contributed by atoms with Gasteiger partial charge < -0.3 is 10.5 Å². The van der Waals surface area contributed by atoms with E-state index >= 15 is 0 Å². The van der Waals surface area contributed by atoms with Gasteiger partial charge in [-0.05, 0) is 24.8 Å². The number of sulfonamides is 1. The van der Waals surface area contributed by atoms with E-state index < -0.39 is 10.0 Å². The average molecular weight is 306 g/mol. The lowest BCUT2D eigenvalue weighted by Crippen LogP contribution is -2.27. The molecular weight excluding hydrogens is 290 g/mol. The fourth-order valence-corrected chi connectivity index (χ4v) is 2.66. The summed E-state index contributed by atoms with van der Waals surface area (Å²) in [6.45, 7) is 1.28. The van der Waals surface area contributed by atoms with Gasteiger partial charge in [0.15, 0.2) is 0 Å². The second-order valence-electron chi connectivity index (χ2n) is 4.45. The zero-order valence-electron chi connectivity index (χ0n) is 10.3. The van der Waals surface area contributed by atoms with Crippen molar-refractivity contribution in [2.45, 2.75) is 17.7 Å². The minimum Gasteiger partial charge on any atom is -0.382 e. The number of nitrogen functional groups attached to an aromatic ring is 1. The highest BCUT2D eigenvalue weighted by Crippen LogP contribution is 2.28. The lowest BCUT2D eigenvalue weighted by molar-refractivity contribution is 0.129. The molecule has 1 saturated carbocycles.